The van der Waals surface area contributed by atoms with E-state index in [1.807, 2.05) is 11.8 Å². The Kier molecular flexibility index (Phi) is 15.8. The van der Waals surface area contributed by atoms with Crippen molar-refractivity contribution < 1.29 is 4.42 Å². The number of rotatable bonds is 19. The molecule has 1 heterocycles. The Morgan fingerprint density at radius 2 is 1.72 bits per heavy atom. The number of anilines is 1. The summed E-state index contributed by atoms with van der Waals surface area (Å²) < 4.78 is 5.22. The first kappa shape index (κ1) is 29.0. The molecule has 0 saturated heterocycles. The summed E-state index contributed by atoms with van der Waals surface area (Å²) in [5.74, 6) is 4.35. The highest BCUT2D eigenvalue weighted by atomic mass is 32.2. The zero-order chi connectivity index (χ0) is 23.8. The van der Waals surface area contributed by atoms with Gasteiger partial charge < -0.3 is 15.5 Å². The first-order valence-electron chi connectivity index (χ1n) is 12.5. The van der Waals surface area contributed by atoms with E-state index in [-0.39, 0.29) is 6.04 Å². The molecule has 3 unspecified atom stereocenters. The van der Waals surface area contributed by atoms with Crippen LogP contribution in [0, 0.1) is 17.8 Å². The predicted molar refractivity (Wildman–Crippen MR) is 147 cm³/mol. The van der Waals surface area contributed by atoms with E-state index in [0.29, 0.717) is 11.0 Å². The summed E-state index contributed by atoms with van der Waals surface area (Å²) in [5.41, 5.74) is 7.33. The van der Waals surface area contributed by atoms with Crippen LogP contribution in [0.4, 0.5) is 6.01 Å². The standard InChI is InChI=1S/C26H47N3OS2/c1-20(2)9-6-10-21(3)11-7-12-22(4)13-8-14-23(5)15-18-32-19-24(25(27)31)29-26-28-16-17-30-26/h15-17,20-22,24H,6-14,18-19H2,1-5H3,(H2,27,31)(H,28,29). The fraction of sp³-hybridized carbons (Fsp3) is 0.769. The van der Waals surface area contributed by atoms with Crippen LogP contribution < -0.4 is 11.1 Å². The Morgan fingerprint density at radius 1 is 1.09 bits per heavy atom. The Balaban J connectivity index is 2.10. The maximum atomic E-state index is 5.84. The maximum Gasteiger partial charge on any atom is 0.295 e. The van der Waals surface area contributed by atoms with Crippen molar-refractivity contribution in [3.63, 3.8) is 0 Å². The van der Waals surface area contributed by atoms with Gasteiger partial charge in [-0.15, -0.1) is 0 Å². The number of nitrogens with one attached hydrogen (secondary N) is 1. The lowest BCUT2D eigenvalue weighted by Crippen LogP contribution is -2.36. The van der Waals surface area contributed by atoms with Gasteiger partial charge in [-0.05, 0) is 37.5 Å². The molecule has 184 valence electrons. The Hall–Kier alpha value is -1.01. The molecule has 0 radical (unpaired) electrons. The van der Waals surface area contributed by atoms with Gasteiger partial charge >= 0.3 is 0 Å². The van der Waals surface area contributed by atoms with Crippen molar-refractivity contribution in [1.82, 2.24) is 4.98 Å². The van der Waals surface area contributed by atoms with Crippen LogP contribution in [0.5, 0.6) is 0 Å². The molecule has 0 fully saturated rings. The second kappa shape index (κ2) is 17.5. The molecule has 3 N–H and O–H groups in total. The maximum absolute atomic E-state index is 5.84. The van der Waals surface area contributed by atoms with E-state index >= 15 is 0 Å². The van der Waals surface area contributed by atoms with Crippen LogP contribution in [-0.2, 0) is 0 Å². The Labute approximate surface area is 207 Å². The quantitative estimate of drug-likeness (QED) is 0.119. The first-order chi connectivity index (χ1) is 15.3. The van der Waals surface area contributed by atoms with Crippen LogP contribution in [0.25, 0.3) is 0 Å². The highest BCUT2D eigenvalue weighted by Crippen LogP contribution is 2.22. The van der Waals surface area contributed by atoms with Gasteiger partial charge in [0.2, 0.25) is 0 Å². The third kappa shape index (κ3) is 14.9. The van der Waals surface area contributed by atoms with Crippen LogP contribution in [0.3, 0.4) is 0 Å². The van der Waals surface area contributed by atoms with Gasteiger partial charge in [0.05, 0.1) is 17.2 Å². The summed E-state index contributed by atoms with van der Waals surface area (Å²) in [6.45, 7) is 11.8. The van der Waals surface area contributed by atoms with Crippen LogP contribution in [0.1, 0.15) is 92.4 Å². The van der Waals surface area contributed by atoms with Gasteiger partial charge in [-0.3, -0.25) is 0 Å². The molecule has 0 aromatic carbocycles. The zero-order valence-corrected chi connectivity index (χ0v) is 22.7. The molecular formula is C26H47N3OS2. The van der Waals surface area contributed by atoms with E-state index in [4.69, 9.17) is 22.4 Å². The molecule has 1 aromatic heterocycles. The SMILES string of the molecule is CC(=CCSCC(Nc1ncco1)C(N)=S)CCCC(C)CCCC(C)CCCC(C)C. The lowest BCUT2D eigenvalue weighted by molar-refractivity contribution is 0.389. The minimum absolute atomic E-state index is 0.110. The molecule has 0 aliphatic carbocycles. The smallest absolute Gasteiger partial charge is 0.295 e. The molecule has 0 aliphatic heterocycles. The third-order valence-electron chi connectivity index (χ3n) is 6.05. The van der Waals surface area contributed by atoms with Gasteiger partial charge in [0.1, 0.15) is 6.26 Å². The normalized spacial score (nSPS) is 15.0. The van der Waals surface area contributed by atoms with Gasteiger partial charge in [0, 0.05) is 11.5 Å². The van der Waals surface area contributed by atoms with Crippen molar-refractivity contribution in [3.05, 3.63) is 24.1 Å². The topological polar surface area (TPSA) is 64.1 Å². The molecule has 1 aromatic rings. The Morgan fingerprint density at radius 3 is 2.28 bits per heavy atom. The van der Waals surface area contributed by atoms with Gasteiger partial charge in [-0.25, -0.2) is 4.98 Å². The van der Waals surface area contributed by atoms with E-state index in [9.17, 15) is 0 Å². The van der Waals surface area contributed by atoms with Crippen LogP contribution in [-0.4, -0.2) is 27.5 Å². The van der Waals surface area contributed by atoms with Crippen LogP contribution in [0.2, 0.25) is 0 Å². The fourth-order valence-corrected chi connectivity index (χ4v) is 5.12. The second-order valence-corrected chi connectivity index (χ2v) is 11.4. The summed E-state index contributed by atoms with van der Waals surface area (Å²) in [4.78, 5) is 4.51. The van der Waals surface area contributed by atoms with Gasteiger partial charge in [-0.1, -0.05) is 96.5 Å². The van der Waals surface area contributed by atoms with Crippen molar-refractivity contribution >= 4 is 35.0 Å². The number of oxazole rings is 1. The fourth-order valence-electron chi connectivity index (χ4n) is 3.84. The van der Waals surface area contributed by atoms with E-state index in [2.05, 4.69) is 51.0 Å². The largest absolute Gasteiger partial charge is 0.432 e. The van der Waals surface area contributed by atoms with Gasteiger partial charge in [0.25, 0.3) is 6.01 Å². The molecule has 0 bridgehead atoms. The molecule has 0 spiro atoms. The summed E-state index contributed by atoms with van der Waals surface area (Å²) in [6.07, 6.45) is 17.7. The lowest BCUT2D eigenvalue weighted by Gasteiger charge is -2.15. The summed E-state index contributed by atoms with van der Waals surface area (Å²) in [5, 5.41) is 3.15. The van der Waals surface area contributed by atoms with Crippen LogP contribution >= 0.6 is 24.0 Å². The highest BCUT2D eigenvalue weighted by Gasteiger charge is 2.13. The third-order valence-corrected chi connectivity index (χ3v) is 7.30. The number of hydrogen-bond donors (Lipinski definition) is 2. The molecule has 6 heteroatoms. The minimum Gasteiger partial charge on any atom is -0.432 e. The highest BCUT2D eigenvalue weighted by molar-refractivity contribution is 7.99. The van der Waals surface area contributed by atoms with Crippen molar-refractivity contribution in [2.45, 2.75) is 98.4 Å². The first-order valence-corrected chi connectivity index (χ1v) is 14.0. The number of hydrogen-bond acceptors (Lipinski definition) is 5. The molecule has 0 amide bonds. The van der Waals surface area contributed by atoms with E-state index < -0.39 is 0 Å². The number of nitrogens with two attached hydrogens (primary N) is 1. The van der Waals surface area contributed by atoms with E-state index in [0.717, 1.165) is 29.3 Å². The van der Waals surface area contributed by atoms with Gasteiger partial charge in [0.15, 0.2) is 0 Å². The monoisotopic (exact) mass is 481 g/mol. The summed E-state index contributed by atoms with van der Waals surface area (Å²) >= 11 is 6.99. The van der Waals surface area contributed by atoms with E-state index in [1.165, 1.54) is 69.6 Å². The molecule has 4 nitrogen and oxygen atoms in total. The summed E-state index contributed by atoms with van der Waals surface area (Å²) in [7, 11) is 0. The molecule has 0 saturated carbocycles. The number of allylic oxidation sites excluding steroid dienone is 1. The van der Waals surface area contributed by atoms with Crippen molar-refractivity contribution in [2.75, 3.05) is 16.8 Å². The molecular weight excluding hydrogens is 434 g/mol. The predicted octanol–water partition coefficient (Wildman–Crippen LogP) is 7.86. The van der Waals surface area contributed by atoms with Crippen molar-refractivity contribution in [2.24, 2.45) is 23.5 Å². The zero-order valence-electron chi connectivity index (χ0n) is 21.1. The van der Waals surface area contributed by atoms with E-state index in [1.54, 1.807) is 6.20 Å². The summed E-state index contributed by atoms with van der Waals surface area (Å²) in [6, 6.07) is 0.353. The molecule has 3 atom stereocenters. The number of thioether (sulfide) groups is 1. The number of aromatic nitrogens is 1. The lowest BCUT2D eigenvalue weighted by atomic mass is 9.91. The van der Waals surface area contributed by atoms with Crippen molar-refractivity contribution in [1.29, 1.82) is 0 Å². The second-order valence-electron chi connectivity index (χ2n) is 9.88. The average molecular weight is 482 g/mol. The minimum atomic E-state index is -0.110. The van der Waals surface area contributed by atoms with Gasteiger partial charge in [-0.2, -0.15) is 11.8 Å². The van der Waals surface area contributed by atoms with Crippen LogP contribution in [0.15, 0.2) is 28.5 Å². The average Bonchev–Trinajstić information content (AvgIpc) is 3.23. The molecule has 1 rings (SSSR count). The molecule has 0 aliphatic rings. The Bertz CT molecular complexity index is 631. The number of thiocarbonyl (C=S) groups is 1. The van der Waals surface area contributed by atoms with Crippen molar-refractivity contribution in [3.8, 4) is 0 Å². The molecule has 32 heavy (non-hydrogen) atoms. The number of nitrogens with zero attached hydrogens (tertiary/aromatic N) is 1.